The monoisotopic (exact) mass is 262 g/mol. The Balaban J connectivity index is 2.66. The summed E-state index contributed by atoms with van der Waals surface area (Å²) in [7, 11) is 1.18. The van der Waals surface area contributed by atoms with Gasteiger partial charge in [0.25, 0.3) is 14.2 Å². The van der Waals surface area contributed by atoms with Crippen molar-refractivity contribution in [2.24, 2.45) is 0 Å². The second-order valence-corrected chi connectivity index (χ2v) is 5.22. The molecule has 86 valence electrons. The maximum Gasteiger partial charge on any atom is 0.319 e. The highest BCUT2D eigenvalue weighted by atomic mass is 35.7. The highest BCUT2D eigenvalue weighted by Gasteiger charge is 2.18. The van der Waals surface area contributed by atoms with Gasteiger partial charge in [-0.3, -0.25) is 0 Å². The fraction of sp³-hybridized carbons (Fsp3) is 0.286. The normalized spacial score (nSPS) is 11.9. The molecular weight excluding hydrogens is 256 g/mol. The maximum atomic E-state index is 11.0. The summed E-state index contributed by atoms with van der Waals surface area (Å²) in [5.74, 6) is 0. The molecule has 0 aromatic carbocycles. The zero-order valence-corrected chi connectivity index (χ0v) is 9.73. The van der Waals surface area contributed by atoms with Gasteiger partial charge in [-0.1, -0.05) is 0 Å². The van der Waals surface area contributed by atoms with E-state index in [0.717, 1.165) is 0 Å². The lowest BCUT2D eigenvalue weighted by Gasteiger charge is -2.01. The van der Waals surface area contributed by atoms with Crippen molar-refractivity contribution < 1.29 is 13.2 Å². The van der Waals surface area contributed by atoms with Crippen LogP contribution in [0.25, 0.3) is 5.65 Å². The third kappa shape index (κ3) is 1.93. The second kappa shape index (κ2) is 3.87. The molecule has 0 amide bonds. The van der Waals surface area contributed by atoms with Crippen LogP contribution < -0.4 is 4.74 Å². The molecule has 0 aliphatic carbocycles. The van der Waals surface area contributed by atoms with Crippen LogP contribution in [0.5, 0.6) is 6.01 Å². The van der Waals surface area contributed by atoms with Crippen LogP contribution in [0.1, 0.15) is 6.92 Å². The van der Waals surface area contributed by atoms with E-state index < -0.39 is 14.2 Å². The van der Waals surface area contributed by atoms with Crippen molar-refractivity contribution in [3.8, 4) is 6.01 Å². The van der Waals surface area contributed by atoms with Gasteiger partial charge >= 0.3 is 6.01 Å². The SMILES string of the molecule is CCOc1nccc2nc(S(=O)(=O)Cl)nn12. The standard InChI is InChI=1S/C7H7ClN4O3S/c1-2-15-7-9-4-3-5-10-6(11-12(5)7)16(8,13)14/h3-4H,2H2,1H3. The zero-order chi connectivity index (χ0) is 11.8. The first-order valence-electron chi connectivity index (χ1n) is 4.31. The van der Waals surface area contributed by atoms with E-state index in [-0.39, 0.29) is 6.01 Å². The molecule has 0 atom stereocenters. The first-order valence-corrected chi connectivity index (χ1v) is 6.62. The predicted molar refractivity (Wildman–Crippen MR) is 55.0 cm³/mol. The van der Waals surface area contributed by atoms with Crippen molar-refractivity contribution in [1.82, 2.24) is 19.6 Å². The maximum absolute atomic E-state index is 11.0. The number of hydrogen-bond donors (Lipinski definition) is 0. The van der Waals surface area contributed by atoms with Gasteiger partial charge in [-0.15, -0.1) is 5.10 Å². The van der Waals surface area contributed by atoms with E-state index in [4.69, 9.17) is 15.4 Å². The van der Waals surface area contributed by atoms with Crippen LogP contribution in [0, 0.1) is 0 Å². The van der Waals surface area contributed by atoms with Gasteiger partial charge in [0.1, 0.15) is 0 Å². The average molecular weight is 263 g/mol. The summed E-state index contributed by atoms with van der Waals surface area (Å²) in [4.78, 5) is 7.63. The fourth-order valence-electron chi connectivity index (χ4n) is 1.11. The van der Waals surface area contributed by atoms with E-state index in [9.17, 15) is 8.42 Å². The van der Waals surface area contributed by atoms with Crippen molar-refractivity contribution in [3.05, 3.63) is 12.3 Å². The number of halogens is 1. The molecule has 0 bridgehead atoms. The number of hydrogen-bond acceptors (Lipinski definition) is 6. The summed E-state index contributed by atoms with van der Waals surface area (Å²) in [6, 6.07) is 1.67. The molecule has 0 saturated heterocycles. The molecule has 7 nitrogen and oxygen atoms in total. The van der Waals surface area contributed by atoms with Gasteiger partial charge in [-0.25, -0.2) is 13.4 Å². The summed E-state index contributed by atoms with van der Waals surface area (Å²) < 4.78 is 28.4. The molecule has 0 aliphatic rings. The van der Waals surface area contributed by atoms with E-state index in [1.165, 1.54) is 16.8 Å². The van der Waals surface area contributed by atoms with Gasteiger partial charge in [-0.2, -0.15) is 9.50 Å². The zero-order valence-electron chi connectivity index (χ0n) is 8.16. The van der Waals surface area contributed by atoms with Crippen LogP contribution in [-0.4, -0.2) is 34.6 Å². The molecule has 0 fully saturated rings. The molecule has 2 aromatic rings. The minimum absolute atomic E-state index is 0.166. The van der Waals surface area contributed by atoms with E-state index in [1.54, 1.807) is 6.92 Å². The van der Waals surface area contributed by atoms with Gasteiger partial charge in [0.15, 0.2) is 5.65 Å². The Hall–Kier alpha value is -1.41. The third-order valence-corrected chi connectivity index (χ3v) is 2.72. The van der Waals surface area contributed by atoms with Crippen LogP contribution in [-0.2, 0) is 9.05 Å². The van der Waals surface area contributed by atoms with Gasteiger partial charge < -0.3 is 4.74 Å². The lowest BCUT2D eigenvalue weighted by molar-refractivity contribution is 0.302. The molecule has 9 heteroatoms. The molecule has 16 heavy (non-hydrogen) atoms. The van der Waals surface area contributed by atoms with Gasteiger partial charge in [0, 0.05) is 22.9 Å². The summed E-state index contributed by atoms with van der Waals surface area (Å²) in [6.07, 6.45) is 1.44. The molecular formula is C7H7ClN4O3S. The van der Waals surface area contributed by atoms with Crippen LogP contribution in [0.2, 0.25) is 0 Å². The minimum atomic E-state index is -3.95. The van der Waals surface area contributed by atoms with Gasteiger partial charge in [0.2, 0.25) is 0 Å². The average Bonchev–Trinajstić information content (AvgIpc) is 2.62. The molecule has 2 rings (SSSR count). The fourth-order valence-corrected chi connectivity index (χ4v) is 1.68. The van der Waals surface area contributed by atoms with Crippen LogP contribution >= 0.6 is 10.7 Å². The lowest BCUT2D eigenvalue weighted by atomic mass is 10.6. The number of aromatic nitrogens is 4. The van der Waals surface area contributed by atoms with Crippen molar-refractivity contribution in [3.63, 3.8) is 0 Å². The van der Waals surface area contributed by atoms with Crippen molar-refractivity contribution in [2.45, 2.75) is 12.1 Å². The first kappa shape index (κ1) is 11.1. The lowest BCUT2D eigenvalue weighted by Crippen LogP contribution is -2.02. The smallest absolute Gasteiger partial charge is 0.319 e. The molecule has 0 spiro atoms. The highest BCUT2D eigenvalue weighted by molar-refractivity contribution is 8.13. The molecule has 2 heterocycles. The molecule has 0 aliphatic heterocycles. The van der Waals surface area contributed by atoms with Crippen molar-refractivity contribution >= 4 is 25.4 Å². The summed E-state index contributed by atoms with van der Waals surface area (Å²) >= 11 is 0. The van der Waals surface area contributed by atoms with Crippen LogP contribution in [0.4, 0.5) is 0 Å². The number of fused-ring (bicyclic) bond motifs is 1. The van der Waals surface area contributed by atoms with Crippen molar-refractivity contribution in [2.75, 3.05) is 6.61 Å². The van der Waals surface area contributed by atoms with Crippen molar-refractivity contribution in [1.29, 1.82) is 0 Å². The Bertz CT molecular complexity index is 624. The van der Waals surface area contributed by atoms with Crippen LogP contribution in [0.15, 0.2) is 17.4 Å². The Kier molecular flexibility index (Phi) is 2.68. The number of nitrogens with zero attached hydrogens (tertiary/aromatic N) is 4. The van der Waals surface area contributed by atoms with E-state index in [0.29, 0.717) is 12.3 Å². The first-order chi connectivity index (χ1) is 7.52. The highest BCUT2D eigenvalue weighted by Crippen LogP contribution is 2.14. The van der Waals surface area contributed by atoms with Gasteiger partial charge in [-0.05, 0) is 6.92 Å². The van der Waals surface area contributed by atoms with E-state index >= 15 is 0 Å². The minimum Gasteiger partial charge on any atom is -0.464 e. The largest absolute Gasteiger partial charge is 0.464 e. The Morgan fingerprint density at radius 2 is 2.31 bits per heavy atom. The summed E-state index contributed by atoms with van der Waals surface area (Å²) in [6.45, 7) is 2.16. The Morgan fingerprint density at radius 3 is 2.94 bits per heavy atom. The summed E-state index contributed by atoms with van der Waals surface area (Å²) in [5.41, 5.74) is 0.303. The predicted octanol–water partition coefficient (Wildman–Crippen LogP) is 0.450. The summed E-state index contributed by atoms with van der Waals surface area (Å²) in [5, 5.41) is 3.23. The molecule has 0 unspecified atom stereocenters. The number of rotatable bonds is 3. The molecule has 0 N–H and O–H groups in total. The number of ether oxygens (including phenoxy) is 1. The molecule has 2 aromatic heterocycles. The Labute approximate surface area is 95.5 Å². The van der Waals surface area contributed by atoms with Crippen LogP contribution in [0.3, 0.4) is 0 Å². The third-order valence-electron chi connectivity index (χ3n) is 1.69. The van der Waals surface area contributed by atoms with E-state index in [1.807, 2.05) is 0 Å². The van der Waals surface area contributed by atoms with Gasteiger partial charge in [0.05, 0.1) is 6.61 Å². The van der Waals surface area contributed by atoms with E-state index in [2.05, 4.69) is 15.1 Å². The topological polar surface area (TPSA) is 86.5 Å². The Morgan fingerprint density at radius 1 is 1.56 bits per heavy atom. The molecule has 0 saturated carbocycles. The molecule has 0 radical (unpaired) electrons. The second-order valence-electron chi connectivity index (χ2n) is 2.76. The quantitative estimate of drug-likeness (QED) is 0.747.